The van der Waals surface area contributed by atoms with Gasteiger partial charge in [-0.15, -0.1) is 0 Å². The maximum atomic E-state index is 12.2. The lowest BCUT2D eigenvalue weighted by molar-refractivity contribution is -0.157. The second-order valence-corrected chi connectivity index (χ2v) is 7.34. The van der Waals surface area contributed by atoms with Crippen LogP contribution in [0.25, 0.3) is 0 Å². The van der Waals surface area contributed by atoms with E-state index in [0.29, 0.717) is 31.8 Å². The average Bonchev–Trinajstić information content (AvgIpc) is 2.35. The Bertz CT molecular complexity index is 376. The van der Waals surface area contributed by atoms with Crippen LogP contribution in [0.4, 0.5) is 4.79 Å². The van der Waals surface area contributed by atoms with Crippen LogP contribution >= 0.6 is 0 Å². The standard InChI is InChI=1S/C16H29NO4/c1-12(2)11-16(13(18)20-6)7-9-17(10-8-16)14(19)21-15(3,4)5/h12H,7-11H2,1-6H3. The van der Waals surface area contributed by atoms with E-state index < -0.39 is 11.0 Å². The van der Waals surface area contributed by atoms with Crippen molar-refractivity contribution < 1.29 is 19.1 Å². The summed E-state index contributed by atoms with van der Waals surface area (Å²) in [5.74, 6) is 0.261. The van der Waals surface area contributed by atoms with E-state index in [1.165, 1.54) is 7.11 Å². The van der Waals surface area contributed by atoms with Crippen molar-refractivity contribution in [2.24, 2.45) is 11.3 Å². The fourth-order valence-electron chi connectivity index (χ4n) is 2.93. The molecule has 0 aromatic heterocycles. The summed E-state index contributed by atoms with van der Waals surface area (Å²) in [7, 11) is 1.44. The number of esters is 1. The first-order chi connectivity index (χ1) is 9.59. The number of amides is 1. The summed E-state index contributed by atoms with van der Waals surface area (Å²) < 4.78 is 10.4. The van der Waals surface area contributed by atoms with E-state index in [4.69, 9.17) is 9.47 Å². The van der Waals surface area contributed by atoms with Crippen molar-refractivity contribution in [3.63, 3.8) is 0 Å². The number of likely N-dealkylation sites (tertiary alicyclic amines) is 1. The fraction of sp³-hybridized carbons (Fsp3) is 0.875. The van der Waals surface area contributed by atoms with Crippen molar-refractivity contribution in [2.75, 3.05) is 20.2 Å². The van der Waals surface area contributed by atoms with Crippen LogP contribution in [0.15, 0.2) is 0 Å². The molecule has 1 heterocycles. The predicted molar refractivity (Wildman–Crippen MR) is 80.9 cm³/mol. The molecule has 122 valence electrons. The third kappa shape index (κ3) is 4.90. The SMILES string of the molecule is COC(=O)C1(CC(C)C)CCN(C(=O)OC(C)(C)C)CC1. The summed E-state index contributed by atoms with van der Waals surface area (Å²) >= 11 is 0. The van der Waals surface area contributed by atoms with Crippen LogP contribution in [0.2, 0.25) is 0 Å². The highest BCUT2D eigenvalue weighted by molar-refractivity contribution is 5.77. The van der Waals surface area contributed by atoms with Gasteiger partial charge < -0.3 is 14.4 Å². The zero-order valence-corrected chi connectivity index (χ0v) is 14.2. The molecular weight excluding hydrogens is 270 g/mol. The molecule has 0 aromatic carbocycles. The van der Waals surface area contributed by atoms with E-state index in [-0.39, 0.29) is 12.1 Å². The molecule has 0 bridgehead atoms. The van der Waals surface area contributed by atoms with Gasteiger partial charge in [0.1, 0.15) is 5.60 Å². The molecule has 0 atom stereocenters. The Kier molecular flexibility index (Phi) is 5.65. The minimum Gasteiger partial charge on any atom is -0.469 e. The van der Waals surface area contributed by atoms with E-state index in [9.17, 15) is 9.59 Å². The molecule has 0 aromatic rings. The lowest BCUT2D eigenvalue weighted by atomic mass is 9.73. The number of nitrogens with zero attached hydrogens (tertiary/aromatic N) is 1. The number of methoxy groups -OCH3 is 1. The maximum absolute atomic E-state index is 12.2. The van der Waals surface area contributed by atoms with Crippen molar-refractivity contribution in [1.82, 2.24) is 4.90 Å². The zero-order valence-electron chi connectivity index (χ0n) is 14.2. The lowest BCUT2D eigenvalue weighted by Gasteiger charge is -2.40. The van der Waals surface area contributed by atoms with Crippen LogP contribution in [-0.2, 0) is 14.3 Å². The summed E-state index contributed by atoms with van der Waals surface area (Å²) in [6, 6.07) is 0. The second-order valence-electron chi connectivity index (χ2n) is 7.34. The van der Waals surface area contributed by atoms with Crippen molar-refractivity contribution in [3.05, 3.63) is 0 Å². The van der Waals surface area contributed by atoms with E-state index in [0.717, 1.165) is 6.42 Å². The van der Waals surface area contributed by atoms with Crippen LogP contribution < -0.4 is 0 Å². The maximum Gasteiger partial charge on any atom is 0.410 e. The van der Waals surface area contributed by atoms with Gasteiger partial charge in [-0.2, -0.15) is 0 Å². The van der Waals surface area contributed by atoms with Crippen molar-refractivity contribution in [1.29, 1.82) is 0 Å². The predicted octanol–water partition coefficient (Wildman–Crippen LogP) is 3.22. The molecular formula is C16H29NO4. The Labute approximate surface area is 128 Å². The Morgan fingerprint density at radius 3 is 2.10 bits per heavy atom. The minimum absolute atomic E-state index is 0.153. The van der Waals surface area contributed by atoms with Gasteiger partial charge in [0.2, 0.25) is 0 Å². The Morgan fingerprint density at radius 2 is 1.71 bits per heavy atom. The molecule has 0 saturated carbocycles. The molecule has 21 heavy (non-hydrogen) atoms. The lowest BCUT2D eigenvalue weighted by Crippen LogP contribution is -2.48. The largest absolute Gasteiger partial charge is 0.469 e. The van der Waals surface area contributed by atoms with Crippen molar-refractivity contribution in [3.8, 4) is 0 Å². The van der Waals surface area contributed by atoms with Gasteiger partial charge in [-0.3, -0.25) is 4.79 Å². The van der Waals surface area contributed by atoms with E-state index >= 15 is 0 Å². The van der Waals surface area contributed by atoms with Crippen molar-refractivity contribution in [2.45, 2.75) is 59.5 Å². The number of rotatable bonds is 3. The quantitative estimate of drug-likeness (QED) is 0.751. The summed E-state index contributed by atoms with van der Waals surface area (Å²) in [4.78, 5) is 25.9. The Balaban J connectivity index is 2.70. The van der Waals surface area contributed by atoms with Gasteiger partial charge in [-0.25, -0.2) is 4.79 Å². The van der Waals surface area contributed by atoms with Crippen LogP contribution in [-0.4, -0.2) is 42.8 Å². The molecule has 0 radical (unpaired) electrons. The number of hydrogen-bond donors (Lipinski definition) is 0. The summed E-state index contributed by atoms with van der Waals surface area (Å²) in [6.45, 7) is 10.8. The molecule has 1 amide bonds. The zero-order chi connectivity index (χ0) is 16.3. The smallest absolute Gasteiger partial charge is 0.410 e. The molecule has 5 heteroatoms. The molecule has 0 spiro atoms. The van der Waals surface area contributed by atoms with Crippen LogP contribution in [0.5, 0.6) is 0 Å². The number of piperidine rings is 1. The highest BCUT2D eigenvalue weighted by atomic mass is 16.6. The van der Waals surface area contributed by atoms with Gasteiger partial charge in [-0.1, -0.05) is 13.8 Å². The third-order valence-electron chi connectivity index (χ3n) is 3.79. The van der Waals surface area contributed by atoms with Gasteiger partial charge >= 0.3 is 12.1 Å². The van der Waals surface area contributed by atoms with Crippen LogP contribution in [0, 0.1) is 11.3 Å². The summed E-state index contributed by atoms with van der Waals surface area (Å²) in [5, 5.41) is 0. The van der Waals surface area contributed by atoms with Gasteiger partial charge in [0.25, 0.3) is 0 Å². The molecule has 1 saturated heterocycles. The number of carbonyl (C=O) groups is 2. The molecule has 1 aliphatic heterocycles. The molecule has 5 nitrogen and oxygen atoms in total. The molecule has 0 aliphatic carbocycles. The fourth-order valence-corrected chi connectivity index (χ4v) is 2.93. The van der Waals surface area contributed by atoms with Gasteiger partial charge in [0.05, 0.1) is 12.5 Å². The first-order valence-corrected chi connectivity index (χ1v) is 7.66. The summed E-state index contributed by atoms with van der Waals surface area (Å²) in [5.41, 5.74) is -0.951. The van der Waals surface area contributed by atoms with Gasteiger partial charge in [0.15, 0.2) is 0 Å². The number of ether oxygens (including phenoxy) is 2. The number of carbonyl (C=O) groups excluding carboxylic acids is 2. The summed E-state index contributed by atoms with van der Waals surface area (Å²) in [6.07, 6.45) is 1.77. The second kappa shape index (κ2) is 6.67. The Hall–Kier alpha value is -1.26. The van der Waals surface area contributed by atoms with Crippen LogP contribution in [0.1, 0.15) is 53.9 Å². The van der Waals surface area contributed by atoms with E-state index in [1.54, 1.807) is 4.90 Å². The Morgan fingerprint density at radius 1 is 1.19 bits per heavy atom. The normalized spacial score (nSPS) is 18.5. The molecule has 1 rings (SSSR count). The monoisotopic (exact) mass is 299 g/mol. The first-order valence-electron chi connectivity index (χ1n) is 7.66. The van der Waals surface area contributed by atoms with E-state index in [1.807, 2.05) is 20.8 Å². The van der Waals surface area contributed by atoms with Gasteiger partial charge in [0, 0.05) is 13.1 Å². The number of hydrogen-bond acceptors (Lipinski definition) is 4. The van der Waals surface area contributed by atoms with E-state index in [2.05, 4.69) is 13.8 Å². The topological polar surface area (TPSA) is 55.8 Å². The third-order valence-corrected chi connectivity index (χ3v) is 3.79. The molecule has 1 fully saturated rings. The molecule has 1 aliphatic rings. The van der Waals surface area contributed by atoms with Crippen molar-refractivity contribution >= 4 is 12.1 Å². The first kappa shape index (κ1) is 17.8. The molecule has 0 N–H and O–H groups in total. The molecule has 0 unspecified atom stereocenters. The minimum atomic E-state index is -0.494. The average molecular weight is 299 g/mol. The highest BCUT2D eigenvalue weighted by Crippen LogP contribution is 2.39. The van der Waals surface area contributed by atoms with Crippen LogP contribution in [0.3, 0.4) is 0 Å². The van der Waals surface area contributed by atoms with Gasteiger partial charge in [-0.05, 0) is 46.0 Å². The highest BCUT2D eigenvalue weighted by Gasteiger charge is 2.44.